The largest absolute Gasteiger partial charge is 0.393 e. The van der Waals surface area contributed by atoms with Crippen LogP contribution in [0.5, 0.6) is 0 Å². The number of aromatic nitrogens is 2. The van der Waals surface area contributed by atoms with Gasteiger partial charge in [-0.1, -0.05) is 6.92 Å². The van der Waals surface area contributed by atoms with Gasteiger partial charge >= 0.3 is 6.03 Å². The van der Waals surface area contributed by atoms with E-state index in [1.165, 1.54) is 0 Å². The Kier molecular flexibility index (Phi) is 7.03. The van der Waals surface area contributed by atoms with Gasteiger partial charge in [0.1, 0.15) is 0 Å². The molecular weight excluding hydrogens is 258 g/mol. The lowest BCUT2D eigenvalue weighted by Gasteiger charge is -2.09. The van der Waals surface area contributed by atoms with E-state index in [0.29, 0.717) is 25.2 Å². The van der Waals surface area contributed by atoms with E-state index in [-0.39, 0.29) is 12.1 Å². The number of carbonyl (C=O) groups excluding carboxylic acids is 1. The Balaban J connectivity index is 2.28. The summed E-state index contributed by atoms with van der Waals surface area (Å²) in [6, 6.07) is 1.46. The van der Waals surface area contributed by atoms with Crippen molar-refractivity contribution in [2.24, 2.45) is 0 Å². The summed E-state index contributed by atoms with van der Waals surface area (Å²) < 4.78 is 1.79. The molecule has 0 aliphatic carbocycles. The maximum Gasteiger partial charge on any atom is 0.320 e. The summed E-state index contributed by atoms with van der Waals surface area (Å²) in [7, 11) is 4.00. The van der Waals surface area contributed by atoms with Crippen LogP contribution in [0.3, 0.4) is 0 Å². The average molecular weight is 283 g/mol. The minimum absolute atomic E-state index is 0.300. The van der Waals surface area contributed by atoms with Gasteiger partial charge < -0.3 is 15.3 Å². The number of likely N-dealkylation sites (N-methyl/N-ethyl adjacent to an activating group) is 1. The van der Waals surface area contributed by atoms with E-state index in [9.17, 15) is 9.90 Å². The number of hydrogen-bond donors (Lipinski definition) is 3. The fourth-order valence-electron chi connectivity index (χ4n) is 1.57. The van der Waals surface area contributed by atoms with Gasteiger partial charge in [0.2, 0.25) is 0 Å². The van der Waals surface area contributed by atoms with E-state index in [0.717, 1.165) is 13.1 Å². The van der Waals surface area contributed by atoms with E-state index in [2.05, 4.69) is 20.6 Å². The Morgan fingerprint density at radius 3 is 2.95 bits per heavy atom. The number of anilines is 1. The van der Waals surface area contributed by atoms with Crippen molar-refractivity contribution < 1.29 is 9.90 Å². The lowest BCUT2D eigenvalue weighted by molar-refractivity contribution is 0.160. The number of amides is 2. The van der Waals surface area contributed by atoms with Crippen LogP contribution in [0.15, 0.2) is 12.3 Å². The molecule has 7 nitrogen and oxygen atoms in total. The average Bonchev–Trinajstić information content (AvgIpc) is 2.83. The topological polar surface area (TPSA) is 82.4 Å². The Labute approximate surface area is 120 Å². The predicted molar refractivity (Wildman–Crippen MR) is 78.7 cm³/mol. The van der Waals surface area contributed by atoms with Gasteiger partial charge in [0, 0.05) is 25.4 Å². The van der Waals surface area contributed by atoms with Gasteiger partial charge in [-0.15, -0.1) is 0 Å². The zero-order chi connectivity index (χ0) is 15.0. The van der Waals surface area contributed by atoms with E-state index in [1.54, 1.807) is 10.7 Å². The zero-order valence-corrected chi connectivity index (χ0v) is 12.5. The summed E-state index contributed by atoms with van der Waals surface area (Å²) in [5.74, 6) is 0.525. The van der Waals surface area contributed by atoms with E-state index in [1.807, 2.05) is 27.2 Å². The smallest absolute Gasteiger partial charge is 0.320 e. The molecule has 1 aromatic heterocycles. The number of urea groups is 1. The molecule has 0 saturated carbocycles. The lowest BCUT2D eigenvalue weighted by atomic mass is 10.2. The highest BCUT2D eigenvalue weighted by atomic mass is 16.3. The summed E-state index contributed by atoms with van der Waals surface area (Å²) in [6.07, 6.45) is 2.72. The third kappa shape index (κ3) is 6.53. The summed E-state index contributed by atoms with van der Waals surface area (Å²) in [4.78, 5) is 13.7. The molecule has 1 atom stereocenters. The van der Waals surface area contributed by atoms with Crippen molar-refractivity contribution in [1.82, 2.24) is 20.0 Å². The molecule has 20 heavy (non-hydrogen) atoms. The highest BCUT2D eigenvalue weighted by molar-refractivity contribution is 5.88. The monoisotopic (exact) mass is 283 g/mol. The van der Waals surface area contributed by atoms with Gasteiger partial charge in [-0.05, 0) is 26.9 Å². The van der Waals surface area contributed by atoms with Crippen molar-refractivity contribution in [2.45, 2.75) is 32.4 Å². The number of aliphatic hydroxyl groups excluding tert-OH is 1. The molecule has 3 N–H and O–H groups in total. The fraction of sp³-hybridized carbons (Fsp3) is 0.692. The molecule has 1 heterocycles. The van der Waals surface area contributed by atoms with Crippen LogP contribution in [-0.4, -0.2) is 59.1 Å². The minimum Gasteiger partial charge on any atom is -0.393 e. The Morgan fingerprint density at radius 1 is 1.55 bits per heavy atom. The van der Waals surface area contributed by atoms with Gasteiger partial charge in [-0.2, -0.15) is 5.10 Å². The van der Waals surface area contributed by atoms with E-state index >= 15 is 0 Å². The maximum atomic E-state index is 11.6. The summed E-state index contributed by atoms with van der Waals surface area (Å²) >= 11 is 0. The van der Waals surface area contributed by atoms with Crippen molar-refractivity contribution in [3.8, 4) is 0 Å². The Bertz CT molecular complexity index is 405. The van der Waals surface area contributed by atoms with Crippen LogP contribution in [0.2, 0.25) is 0 Å². The van der Waals surface area contributed by atoms with Gasteiger partial charge in [0.15, 0.2) is 5.82 Å². The van der Waals surface area contributed by atoms with Crippen molar-refractivity contribution in [1.29, 1.82) is 0 Å². The SMILES string of the molecule is CCC(O)CCNC(=O)Nc1ccn(CCN(C)C)n1. The van der Waals surface area contributed by atoms with Crippen LogP contribution in [0.1, 0.15) is 19.8 Å². The second kappa shape index (κ2) is 8.55. The van der Waals surface area contributed by atoms with Crippen LogP contribution in [0.25, 0.3) is 0 Å². The van der Waals surface area contributed by atoms with Crippen LogP contribution < -0.4 is 10.6 Å². The molecule has 0 aliphatic heterocycles. The summed E-state index contributed by atoms with van der Waals surface area (Å²) in [6.45, 7) is 4.02. The van der Waals surface area contributed by atoms with Gasteiger partial charge in [-0.25, -0.2) is 4.79 Å². The standard InChI is InChI=1S/C13H25N5O2/c1-4-11(19)5-7-14-13(20)15-12-6-8-18(16-12)10-9-17(2)3/h6,8,11,19H,4-5,7,9-10H2,1-3H3,(H2,14,15,16,20). The molecule has 1 unspecified atom stereocenters. The number of aliphatic hydroxyl groups is 1. The van der Waals surface area contributed by atoms with Gasteiger partial charge in [0.05, 0.1) is 12.6 Å². The van der Waals surface area contributed by atoms with Crippen molar-refractivity contribution in [2.75, 3.05) is 32.5 Å². The molecule has 1 rings (SSSR count). The number of hydrogen-bond acceptors (Lipinski definition) is 4. The normalized spacial score (nSPS) is 12.4. The van der Waals surface area contributed by atoms with Crippen LogP contribution >= 0.6 is 0 Å². The molecule has 0 bridgehead atoms. The third-order valence-corrected chi connectivity index (χ3v) is 2.89. The Hall–Kier alpha value is -1.60. The minimum atomic E-state index is -0.361. The molecular formula is C13H25N5O2. The predicted octanol–water partition coefficient (Wildman–Crippen LogP) is 0.727. The van der Waals surface area contributed by atoms with Crippen LogP contribution in [-0.2, 0) is 6.54 Å². The van der Waals surface area contributed by atoms with Gasteiger partial charge in [-0.3, -0.25) is 10.00 Å². The van der Waals surface area contributed by atoms with E-state index < -0.39 is 0 Å². The van der Waals surface area contributed by atoms with Gasteiger partial charge in [0.25, 0.3) is 0 Å². The quantitative estimate of drug-likeness (QED) is 0.657. The van der Waals surface area contributed by atoms with Crippen molar-refractivity contribution in [3.05, 3.63) is 12.3 Å². The molecule has 2 amide bonds. The maximum absolute atomic E-state index is 11.6. The summed E-state index contributed by atoms with van der Waals surface area (Å²) in [5.41, 5.74) is 0. The highest BCUT2D eigenvalue weighted by Gasteiger charge is 2.06. The number of carbonyl (C=O) groups is 1. The first-order chi connectivity index (χ1) is 9.51. The molecule has 114 valence electrons. The first-order valence-corrected chi connectivity index (χ1v) is 6.92. The first kappa shape index (κ1) is 16.5. The molecule has 0 saturated heterocycles. The zero-order valence-electron chi connectivity index (χ0n) is 12.5. The Morgan fingerprint density at radius 2 is 2.30 bits per heavy atom. The van der Waals surface area contributed by atoms with Crippen LogP contribution in [0.4, 0.5) is 10.6 Å². The number of nitrogens with one attached hydrogen (secondary N) is 2. The first-order valence-electron chi connectivity index (χ1n) is 6.92. The van der Waals surface area contributed by atoms with Crippen molar-refractivity contribution in [3.63, 3.8) is 0 Å². The molecule has 1 aromatic rings. The highest BCUT2D eigenvalue weighted by Crippen LogP contribution is 2.02. The second-order valence-electron chi connectivity index (χ2n) is 5.00. The molecule has 0 spiro atoms. The third-order valence-electron chi connectivity index (χ3n) is 2.89. The molecule has 0 radical (unpaired) electrons. The van der Waals surface area contributed by atoms with Crippen molar-refractivity contribution >= 4 is 11.8 Å². The number of nitrogens with zero attached hydrogens (tertiary/aromatic N) is 3. The molecule has 7 heteroatoms. The fourth-order valence-corrected chi connectivity index (χ4v) is 1.57. The molecule has 0 aromatic carbocycles. The van der Waals surface area contributed by atoms with E-state index in [4.69, 9.17) is 0 Å². The summed E-state index contributed by atoms with van der Waals surface area (Å²) in [5, 5.41) is 19.0. The number of rotatable bonds is 8. The lowest BCUT2D eigenvalue weighted by Crippen LogP contribution is -2.31. The molecule has 0 fully saturated rings. The molecule has 0 aliphatic rings. The van der Waals surface area contributed by atoms with Crippen LogP contribution in [0, 0.1) is 0 Å². The second-order valence-corrected chi connectivity index (χ2v) is 5.00.